The molecule has 0 spiro atoms. The first-order chi connectivity index (χ1) is 12.0. The maximum atomic E-state index is 12.7. The molecule has 1 fully saturated rings. The van der Waals surface area contributed by atoms with Crippen molar-refractivity contribution in [2.24, 2.45) is 0 Å². The monoisotopic (exact) mass is 433 g/mol. The van der Waals surface area contributed by atoms with Gasteiger partial charge in [-0.3, -0.25) is 0 Å². The van der Waals surface area contributed by atoms with E-state index in [1.54, 1.807) is 0 Å². The maximum absolute atomic E-state index is 12.7. The zero-order chi connectivity index (χ0) is 19.7. The molecule has 2 rings (SSSR count). The lowest BCUT2D eigenvalue weighted by atomic mass is 10.3. The van der Waals surface area contributed by atoms with E-state index < -0.39 is 26.8 Å². The van der Waals surface area contributed by atoms with Crippen molar-refractivity contribution < 1.29 is 30.4 Å². The van der Waals surface area contributed by atoms with Gasteiger partial charge in [0.05, 0.1) is 9.92 Å². The molecule has 26 heavy (non-hydrogen) atoms. The standard InChI is InChI=1S/C13H18ClF2N3O5S2/c1-17(2)26(22,23)19-7-5-18(6-8-19)25(20,21)10-3-4-12(11(14)9-10)24-13(15)16/h3-4,9,13H,5-8H2,1-2H3. The molecule has 1 aromatic carbocycles. The van der Waals surface area contributed by atoms with Crippen LogP contribution in [0.2, 0.25) is 5.02 Å². The molecule has 0 amide bonds. The molecule has 1 aromatic rings. The largest absolute Gasteiger partial charge is 0.433 e. The minimum Gasteiger partial charge on any atom is -0.433 e. The molecule has 0 bridgehead atoms. The van der Waals surface area contributed by atoms with Crippen molar-refractivity contribution in [1.29, 1.82) is 0 Å². The molecule has 8 nitrogen and oxygen atoms in total. The van der Waals surface area contributed by atoms with E-state index in [4.69, 9.17) is 11.6 Å². The quantitative estimate of drug-likeness (QED) is 0.669. The highest BCUT2D eigenvalue weighted by atomic mass is 35.5. The average Bonchev–Trinajstić information content (AvgIpc) is 2.56. The molecule has 1 aliphatic rings. The number of halogens is 3. The van der Waals surface area contributed by atoms with Crippen molar-refractivity contribution in [3.8, 4) is 5.75 Å². The van der Waals surface area contributed by atoms with E-state index in [0.717, 1.165) is 26.8 Å². The van der Waals surface area contributed by atoms with Crippen molar-refractivity contribution in [3.63, 3.8) is 0 Å². The van der Waals surface area contributed by atoms with Crippen LogP contribution in [-0.4, -0.2) is 76.6 Å². The van der Waals surface area contributed by atoms with Crippen LogP contribution in [0, 0.1) is 0 Å². The summed E-state index contributed by atoms with van der Waals surface area (Å²) in [6, 6.07) is 3.19. The highest BCUT2D eigenvalue weighted by Crippen LogP contribution is 2.30. The Morgan fingerprint density at radius 3 is 2.08 bits per heavy atom. The molecule has 0 radical (unpaired) electrons. The van der Waals surface area contributed by atoms with Crippen LogP contribution in [0.15, 0.2) is 23.1 Å². The second-order valence-electron chi connectivity index (χ2n) is 5.56. The first-order valence-corrected chi connectivity index (χ1v) is 10.6. The number of hydrogen-bond acceptors (Lipinski definition) is 5. The number of hydrogen-bond donors (Lipinski definition) is 0. The lowest BCUT2D eigenvalue weighted by Gasteiger charge is -2.34. The third-order valence-electron chi connectivity index (χ3n) is 3.74. The number of ether oxygens (including phenoxy) is 1. The molecule has 0 N–H and O–H groups in total. The van der Waals surface area contributed by atoms with E-state index in [1.807, 2.05) is 0 Å². The third kappa shape index (κ3) is 4.43. The van der Waals surface area contributed by atoms with Gasteiger partial charge in [-0.05, 0) is 18.2 Å². The Morgan fingerprint density at radius 1 is 1.08 bits per heavy atom. The summed E-state index contributed by atoms with van der Waals surface area (Å²) in [5, 5.41) is -0.264. The van der Waals surface area contributed by atoms with Gasteiger partial charge in [-0.25, -0.2) is 8.42 Å². The minimum absolute atomic E-state index is 0.0000522. The summed E-state index contributed by atoms with van der Waals surface area (Å²) in [7, 11) is -4.78. The summed E-state index contributed by atoms with van der Waals surface area (Å²) < 4.78 is 81.5. The zero-order valence-corrected chi connectivity index (χ0v) is 16.4. The second kappa shape index (κ2) is 7.90. The normalized spacial score (nSPS) is 17.8. The van der Waals surface area contributed by atoms with Gasteiger partial charge in [0.15, 0.2) is 0 Å². The highest BCUT2D eigenvalue weighted by molar-refractivity contribution is 7.89. The van der Waals surface area contributed by atoms with Crippen LogP contribution >= 0.6 is 11.6 Å². The van der Waals surface area contributed by atoms with Gasteiger partial charge in [0.1, 0.15) is 5.75 Å². The number of alkyl halides is 2. The Labute approximate surface area is 156 Å². The fourth-order valence-electron chi connectivity index (χ4n) is 2.35. The molecule has 13 heteroatoms. The molecule has 1 saturated heterocycles. The highest BCUT2D eigenvalue weighted by Gasteiger charge is 2.34. The van der Waals surface area contributed by atoms with Crippen molar-refractivity contribution in [3.05, 3.63) is 23.2 Å². The van der Waals surface area contributed by atoms with Crippen molar-refractivity contribution in [2.75, 3.05) is 40.3 Å². The Morgan fingerprint density at radius 2 is 1.62 bits per heavy atom. The molecule has 0 aromatic heterocycles. The Balaban J connectivity index is 2.16. The van der Waals surface area contributed by atoms with Crippen molar-refractivity contribution >= 4 is 31.8 Å². The van der Waals surface area contributed by atoms with Gasteiger partial charge < -0.3 is 4.74 Å². The smallest absolute Gasteiger partial charge is 0.387 e. The Bertz CT molecular complexity index is 857. The van der Waals surface area contributed by atoms with E-state index in [1.165, 1.54) is 18.4 Å². The molecule has 148 valence electrons. The molecule has 1 heterocycles. The fraction of sp³-hybridized carbons (Fsp3) is 0.538. The van der Waals surface area contributed by atoms with E-state index in [2.05, 4.69) is 4.74 Å². The van der Waals surface area contributed by atoms with Crippen LogP contribution in [0.1, 0.15) is 0 Å². The van der Waals surface area contributed by atoms with Crippen LogP contribution in [0.4, 0.5) is 8.78 Å². The Hall–Kier alpha value is -1.05. The first-order valence-electron chi connectivity index (χ1n) is 7.38. The zero-order valence-electron chi connectivity index (χ0n) is 14.0. The summed E-state index contributed by atoms with van der Waals surface area (Å²) in [5.41, 5.74) is 0. The van der Waals surface area contributed by atoms with E-state index in [0.29, 0.717) is 0 Å². The van der Waals surface area contributed by atoms with E-state index in [-0.39, 0.29) is 41.8 Å². The number of piperazine rings is 1. The molecule has 0 aliphatic carbocycles. The first kappa shape index (κ1) is 21.3. The number of sulfonamides is 1. The molecule has 0 unspecified atom stereocenters. The summed E-state index contributed by atoms with van der Waals surface area (Å²) in [6.07, 6.45) is 0. The molecular weight excluding hydrogens is 416 g/mol. The lowest BCUT2D eigenvalue weighted by Crippen LogP contribution is -2.52. The molecular formula is C13H18ClF2N3O5S2. The van der Waals surface area contributed by atoms with Gasteiger partial charge in [-0.2, -0.15) is 30.1 Å². The van der Waals surface area contributed by atoms with E-state index >= 15 is 0 Å². The van der Waals surface area contributed by atoms with Gasteiger partial charge in [-0.15, -0.1) is 0 Å². The van der Waals surface area contributed by atoms with Gasteiger partial charge in [0.25, 0.3) is 10.2 Å². The summed E-state index contributed by atoms with van der Waals surface area (Å²) >= 11 is 5.80. The predicted octanol–water partition coefficient (Wildman–Crippen LogP) is 1.05. The summed E-state index contributed by atoms with van der Waals surface area (Å²) in [4.78, 5) is -0.187. The molecule has 1 aliphatic heterocycles. The maximum Gasteiger partial charge on any atom is 0.387 e. The van der Waals surface area contributed by atoms with Gasteiger partial charge in [0.2, 0.25) is 10.0 Å². The fourth-order valence-corrected chi connectivity index (χ4v) is 5.18. The topological polar surface area (TPSA) is 87.2 Å². The van der Waals surface area contributed by atoms with Gasteiger partial charge in [0, 0.05) is 40.3 Å². The van der Waals surface area contributed by atoms with Crippen LogP contribution in [-0.2, 0) is 20.2 Å². The number of rotatable bonds is 6. The average molecular weight is 434 g/mol. The van der Waals surface area contributed by atoms with Crippen LogP contribution in [0.5, 0.6) is 5.75 Å². The third-order valence-corrected chi connectivity index (χ3v) is 7.87. The van der Waals surface area contributed by atoms with Crippen molar-refractivity contribution in [1.82, 2.24) is 12.9 Å². The Kier molecular flexibility index (Phi) is 6.46. The molecule has 0 saturated carbocycles. The lowest BCUT2D eigenvalue weighted by molar-refractivity contribution is -0.0498. The predicted molar refractivity (Wildman–Crippen MR) is 91.0 cm³/mol. The van der Waals surface area contributed by atoms with E-state index in [9.17, 15) is 25.6 Å². The van der Waals surface area contributed by atoms with Crippen LogP contribution < -0.4 is 4.74 Å². The number of benzene rings is 1. The molecule has 0 atom stereocenters. The summed E-state index contributed by atoms with van der Waals surface area (Å²) in [6.45, 7) is -3.16. The second-order valence-corrected chi connectivity index (χ2v) is 10.1. The van der Waals surface area contributed by atoms with Gasteiger partial charge in [-0.1, -0.05) is 11.6 Å². The number of nitrogens with zero attached hydrogens (tertiary/aromatic N) is 3. The van der Waals surface area contributed by atoms with Crippen LogP contribution in [0.25, 0.3) is 0 Å². The van der Waals surface area contributed by atoms with Gasteiger partial charge >= 0.3 is 6.61 Å². The summed E-state index contributed by atoms with van der Waals surface area (Å²) in [5.74, 6) is -0.331. The SMILES string of the molecule is CN(C)S(=O)(=O)N1CCN(S(=O)(=O)c2ccc(OC(F)F)c(Cl)c2)CC1. The van der Waals surface area contributed by atoms with Crippen LogP contribution in [0.3, 0.4) is 0 Å². The minimum atomic E-state index is -3.95. The van der Waals surface area contributed by atoms with Crippen molar-refractivity contribution in [2.45, 2.75) is 11.5 Å².